The second kappa shape index (κ2) is 5.65. The molecule has 0 saturated carbocycles. The number of carbonyl (C=O) groups excluding carboxylic acids is 1. The first kappa shape index (κ1) is 12.6. The van der Waals surface area contributed by atoms with Crippen LogP contribution in [0.2, 0.25) is 5.15 Å². The first-order valence-electron chi connectivity index (χ1n) is 5.60. The van der Waals surface area contributed by atoms with Crippen LogP contribution < -0.4 is 4.74 Å². The van der Waals surface area contributed by atoms with Crippen molar-refractivity contribution in [3.8, 4) is 5.75 Å². The quantitative estimate of drug-likeness (QED) is 0.626. The second-order valence-electron chi connectivity index (χ2n) is 3.66. The van der Waals surface area contributed by atoms with Crippen molar-refractivity contribution in [2.75, 3.05) is 6.61 Å². The van der Waals surface area contributed by atoms with Gasteiger partial charge in [0, 0.05) is 17.3 Å². The molecule has 1 aromatic carbocycles. The van der Waals surface area contributed by atoms with Gasteiger partial charge in [0.05, 0.1) is 6.61 Å². The minimum absolute atomic E-state index is 0.0966. The Kier molecular flexibility index (Phi) is 3.95. The van der Waals surface area contributed by atoms with Gasteiger partial charge in [0.15, 0.2) is 5.78 Å². The van der Waals surface area contributed by atoms with Crippen LogP contribution in [-0.4, -0.2) is 17.4 Å². The maximum absolute atomic E-state index is 12.2. The number of halogens is 1. The van der Waals surface area contributed by atoms with Gasteiger partial charge < -0.3 is 4.74 Å². The minimum Gasteiger partial charge on any atom is -0.494 e. The predicted molar refractivity (Wildman–Crippen MR) is 70.3 cm³/mol. The molecule has 0 aliphatic carbocycles. The molecule has 0 radical (unpaired) electrons. The van der Waals surface area contributed by atoms with Crippen molar-refractivity contribution >= 4 is 17.4 Å². The molecule has 0 aliphatic rings. The summed E-state index contributed by atoms with van der Waals surface area (Å²) in [6.45, 7) is 2.47. The highest BCUT2D eigenvalue weighted by atomic mass is 35.5. The van der Waals surface area contributed by atoms with Gasteiger partial charge in [-0.25, -0.2) is 4.98 Å². The summed E-state index contributed by atoms with van der Waals surface area (Å²) < 4.78 is 5.36. The van der Waals surface area contributed by atoms with Crippen molar-refractivity contribution in [1.29, 1.82) is 0 Å². The highest BCUT2D eigenvalue weighted by Gasteiger charge is 2.10. The van der Waals surface area contributed by atoms with Crippen molar-refractivity contribution in [3.63, 3.8) is 0 Å². The fourth-order valence-electron chi connectivity index (χ4n) is 1.57. The molecule has 2 aromatic rings. The number of carbonyl (C=O) groups is 1. The molecule has 0 atom stereocenters. The van der Waals surface area contributed by atoms with Crippen molar-refractivity contribution in [2.24, 2.45) is 0 Å². The van der Waals surface area contributed by atoms with Gasteiger partial charge in [0.2, 0.25) is 0 Å². The van der Waals surface area contributed by atoms with Crippen LogP contribution in [0.4, 0.5) is 0 Å². The van der Waals surface area contributed by atoms with Gasteiger partial charge in [-0.05, 0) is 31.2 Å². The molecule has 0 spiro atoms. The minimum atomic E-state index is -0.0966. The number of hydrogen-bond donors (Lipinski definition) is 0. The molecule has 2 rings (SSSR count). The maximum Gasteiger partial charge on any atom is 0.194 e. The Hall–Kier alpha value is -1.87. The van der Waals surface area contributed by atoms with E-state index in [1.807, 2.05) is 13.0 Å². The van der Waals surface area contributed by atoms with Crippen molar-refractivity contribution < 1.29 is 9.53 Å². The van der Waals surface area contributed by atoms with Crippen LogP contribution in [0.3, 0.4) is 0 Å². The number of pyridine rings is 1. The average Bonchev–Trinajstić information content (AvgIpc) is 2.39. The summed E-state index contributed by atoms with van der Waals surface area (Å²) in [5.41, 5.74) is 1.08. The number of nitrogens with zero attached hydrogens (tertiary/aromatic N) is 1. The molecule has 92 valence electrons. The summed E-state index contributed by atoms with van der Waals surface area (Å²) in [6, 6.07) is 10.3. The van der Waals surface area contributed by atoms with E-state index in [2.05, 4.69) is 4.98 Å². The topological polar surface area (TPSA) is 39.2 Å². The Balaban J connectivity index is 2.28. The molecule has 1 heterocycles. The van der Waals surface area contributed by atoms with Crippen LogP contribution in [-0.2, 0) is 0 Å². The molecule has 1 aromatic heterocycles. The first-order chi connectivity index (χ1) is 8.70. The number of ether oxygens (including phenoxy) is 1. The van der Waals surface area contributed by atoms with Crippen molar-refractivity contribution in [1.82, 2.24) is 4.98 Å². The van der Waals surface area contributed by atoms with Gasteiger partial charge in [0.1, 0.15) is 10.9 Å². The van der Waals surface area contributed by atoms with E-state index in [1.54, 1.807) is 30.3 Å². The van der Waals surface area contributed by atoms with E-state index >= 15 is 0 Å². The fraction of sp³-hybridized carbons (Fsp3) is 0.143. The smallest absolute Gasteiger partial charge is 0.194 e. The largest absolute Gasteiger partial charge is 0.494 e. The molecule has 0 saturated heterocycles. The number of aromatic nitrogens is 1. The molecule has 4 heteroatoms. The van der Waals surface area contributed by atoms with E-state index in [9.17, 15) is 4.79 Å². The lowest BCUT2D eigenvalue weighted by Gasteiger charge is -2.05. The summed E-state index contributed by atoms with van der Waals surface area (Å²) in [5, 5.41) is 0.370. The van der Waals surface area contributed by atoms with Gasteiger partial charge in [-0.15, -0.1) is 0 Å². The normalized spacial score (nSPS) is 10.1. The summed E-state index contributed by atoms with van der Waals surface area (Å²) in [4.78, 5) is 16.1. The van der Waals surface area contributed by atoms with Crippen LogP contribution in [0.25, 0.3) is 0 Å². The molecular formula is C14H12ClNO2. The Morgan fingerprint density at radius 3 is 2.78 bits per heavy atom. The van der Waals surface area contributed by atoms with Gasteiger partial charge in [-0.2, -0.15) is 0 Å². The molecule has 0 amide bonds. The summed E-state index contributed by atoms with van der Waals surface area (Å²) >= 11 is 5.69. The third-order valence-electron chi connectivity index (χ3n) is 2.40. The van der Waals surface area contributed by atoms with Crippen LogP contribution in [0.15, 0.2) is 42.6 Å². The highest BCUT2D eigenvalue weighted by molar-refractivity contribution is 6.29. The SMILES string of the molecule is CCOc1cccc(C(=O)c2ccc(Cl)nc2)c1. The van der Waals surface area contributed by atoms with Gasteiger partial charge in [-0.1, -0.05) is 23.7 Å². The third-order valence-corrected chi connectivity index (χ3v) is 2.62. The van der Waals surface area contributed by atoms with E-state index in [-0.39, 0.29) is 5.78 Å². The van der Waals surface area contributed by atoms with E-state index < -0.39 is 0 Å². The summed E-state index contributed by atoms with van der Waals surface area (Å²) in [5.74, 6) is 0.589. The van der Waals surface area contributed by atoms with Gasteiger partial charge >= 0.3 is 0 Å². The second-order valence-corrected chi connectivity index (χ2v) is 4.05. The number of ketones is 1. The zero-order valence-corrected chi connectivity index (χ0v) is 10.6. The first-order valence-corrected chi connectivity index (χ1v) is 5.97. The molecule has 0 fully saturated rings. The Labute approximate surface area is 110 Å². The molecule has 0 unspecified atom stereocenters. The lowest BCUT2D eigenvalue weighted by atomic mass is 10.1. The maximum atomic E-state index is 12.2. The van der Waals surface area contributed by atoms with Crippen LogP contribution >= 0.6 is 11.6 Å². The van der Waals surface area contributed by atoms with Crippen LogP contribution in [0, 0.1) is 0 Å². The van der Waals surface area contributed by atoms with Gasteiger partial charge in [-0.3, -0.25) is 4.79 Å². The monoisotopic (exact) mass is 261 g/mol. The Bertz CT molecular complexity index is 552. The molecule has 0 N–H and O–H groups in total. The van der Waals surface area contributed by atoms with E-state index in [4.69, 9.17) is 16.3 Å². The molecule has 0 bridgehead atoms. The number of hydrogen-bond acceptors (Lipinski definition) is 3. The van der Waals surface area contributed by atoms with Crippen molar-refractivity contribution in [3.05, 3.63) is 58.9 Å². The molecule has 3 nitrogen and oxygen atoms in total. The summed E-state index contributed by atoms with van der Waals surface area (Å²) in [7, 11) is 0. The average molecular weight is 262 g/mol. The lowest BCUT2D eigenvalue weighted by molar-refractivity contribution is 0.103. The van der Waals surface area contributed by atoms with Gasteiger partial charge in [0.25, 0.3) is 0 Å². The highest BCUT2D eigenvalue weighted by Crippen LogP contribution is 2.17. The zero-order chi connectivity index (χ0) is 13.0. The summed E-state index contributed by atoms with van der Waals surface area (Å²) in [6.07, 6.45) is 1.47. The lowest BCUT2D eigenvalue weighted by Crippen LogP contribution is -2.02. The fourth-order valence-corrected chi connectivity index (χ4v) is 1.68. The molecular weight excluding hydrogens is 250 g/mol. The standard InChI is InChI=1S/C14H12ClNO2/c1-2-18-12-5-3-4-10(8-12)14(17)11-6-7-13(15)16-9-11/h3-9H,2H2,1H3. The van der Waals surface area contributed by atoms with E-state index in [0.29, 0.717) is 28.6 Å². The zero-order valence-electron chi connectivity index (χ0n) is 9.89. The van der Waals surface area contributed by atoms with E-state index in [0.717, 1.165) is 0 Å². The van der Waals surface area contributed by atoms with Crippen LogP contribution in [0.1, 0.15) is 22.8 Å². The third kappa shape index (κ3) is 2.87. The Morgan fingerprint density at radius 1 is 1.28 bits per heavy atom. The van der Waals surface area contributed by atoms with Crippen molar-refractivity contribution in [2.45, 2.75) is 6.92 Å². The predicted octanol–water partition coefficient (Wildman–Crippen LogP) is 3.36. The van der Waals surface area contributed by atoms with Crippen LogP contribution in [0.5, 0.6) is 5.75 Å². The molecule has 18 heavy (non-hydrogen) atoms. The Morgan fingerprint density at radius 2 is 2.11 bits per heavy atom. The van der Waals surface area contributed by atoms with E-state index in [1.165, 1.54) is 6.20 Å². The number of benzene rings is 1. The molecule has 0 aliphatic heterocycles. The number of rotatable bonds is 4.